The SMILES string of the molecule is CCOc1cc(CC(C)N)ccc1OC(=O)CCl. The molecule has 0 aliphatic rings. The Morgan fingerprint density at radius 2 is 2.17 bits per heavy atom. The summed E-state index contributed by atoms with van der Waals surface area (Å²) in [5.74, 6) is 0.232. The molecule has 0 heterocycles. The van der Waals surface area contributed by atoms with Crippen molar-refractivity contribution >= 4 is 17.6 Å². The van der Waals surface area contributed by atoms with Gasteiger partial charge in [0.25, 0.3) is 0 Å². The number of nitrogens with two attached hydrogens (primary N) is 1. The number of hydrogen-bond acceptors (Lipinski definition) is 4. The average Bonchev–Trinajstić information content (AvgIpc) is 2.32. The molecule has 0 saturated carbocycles. The first-order chi connectivity index (χ1) is 8.56. The van der Waals surface area contributed by atoms with Gasteiger partial charge in [-0.2, -0.15) is 0 Å². The van der Waals surface area contributed by atoms with E-state index in [1.54, 1.807) is 6.07 Å². The highest BCUT2D eigenvalue weighted by Gasteiger charge is 2.11. The molecule has 0 saturated heterocycles. The highest BCUT2D eigenvalue weighted by Crippen LogP contribution is 2.29. The average molecular weight is 272 g/mol. The van der Waals surface area contributed by atoms with Crippen molar-refractivity contribution in [3.05, 3.63) is 23.8 Å². The second kappa shape index (κ2) is 7.24. The lowest BCUT2D eigenvalue weighted by atomic mass is 10.1. The largest absolute Gasteiger partial charge is 0.490 e. The van der Waals surface area contributed by atoms with Crippen molar-refractivity contribution in [1.82, 2.24) is 0 Å². The number of hydrogen-bond donors (Lipinski definition) is 1. The van der Waals surface area contributed by atoms with E-state index in [0.717, 1.165) is 12.0 Å². The van der Waals surface area contributed by atoms with Gasteiger partial charge >= 0.3 is 5.97 Å². The number of carbonyl (C=O) groups is 1. The molecule has 1 atom stereocenters. The number of ether oxygens (including phenoxy) is 2. The fourth-order valence-corrected chi connectivity index (χ4v) is 1.61. The van der Waals surface area contributed by atoms with Gasteiger partial charge < -0.3 is 15.2 Å². The summed E-state index contributed by atoms with van der Waals surface area (Å²) in [5.41, 5.74) is 6.79. The van der Waals surface area contributed by atoms with Gasteiger partial charge in [-0.15, -0.1) is 11.6 Å². The molecular formula is C13H18ClNO3. The van der Waals surface area contributed by atoms with Crippen LogP contribution >= 0.6 is 11.6 Å². The van der Waals surface area contributed by atoms with Crippen LogP contribution in [0.3, 0.4) is 0 Å². The summed E-state index contributed by atoms with van der Waals surface area (Å²) in [6.45, 7) is 4.29. The molecule has 0 bridgehead atoms. The van der Waals surface area contributed by atoms with Crippen LogP contribution in [0.5, 0.6) is 11.5 Å². The Labute approximate surface area is 112 Å². The second-order valence-corrected chi connectivity index (χ2v) is 4.27. The van der Waals surface area contributed by atoms with E-state index >= 15 is 0 Å². The first kappa shape index (κ1) is 14.8. The first-order valence-electron chi connectivity index (χ1n) is 5.84. The monoisotopic (exact) mass is 271 g/mol. The quantitative estimate of drug-likeness (QED) is 0.489. The molecule has 0 fully saturated rings. The fourth-order valence-electron chi connectivity index (χ4n) is 1.55. The lowest BCUT2D eigenvalue weighted by Gasteiger charge is -2.12. The maximum Gasteiger partial charge on any atom is 0.326 e. The van der Waals surface area contributed by atoms with E-state index in [1.165, 1.54) is 0 Å². The van der Waals surface area contributed by atoms with Gasteiger partial charge in [0, 0.05) is 6.04 Å². The summed E-state index contributed by atoms with van der Waals surface area (Å²) < 4.78 is 10.5. The molecule has 4 nitrogen and oxygen atoms in total. The van der Waals surface area contributed by atoms with Crippen molar-refractivity contribution in [2.24, 2.45) is 5.73 Å². The van der Waals surface area contributed by atoms with Gasteiger partial charge in [-0.05, 0) is 38.0 Å². The van der Waals surface area contributed by atoms with Crippen molar-refractivity contribution in [3.63, 3.8) is 0 Å². The van der Waals surface area contributed by atoms with Crippen LogP contribution in [0.15, 0.2) is 18.2 Å². The molecular weight excluding hydrogens is 254 g/mol. The minimum absolute atomic E-state index is 0.0655. The highest BCUT2D eigenvalue weighted by atomic mass is 35.5. The van der Waals surface area contributed by atoms with E-state index in [4.69, 9.17) is 26.8 Å². The zero-order valence-electron chi connectivity index (χ0n) is 10.6. The van der Waals surface area contributed by atoms with Crippen molar-refractivity contribution in [2.75, 3.05) is 12.5 Å². The van der Waals surface area contributed by atoms with E-state index in [1.807, 2.05) is 26.0 Å². The lowest BCUT2D eigenvalue weighted by Crippen LogP contribution is -2.18. The zero-order valence-corrected chi connectivity index (χ0v) is 11.4. The van der Waals surface area contributed by atoms with Crippen LogP contribution in [0.1, 0.15) is 19.4 Å². The van der Waals surface area contributed by atoms with Gasteiger partial charge in [-0.1, -0.05) is 6.07 Å². The van der Waals surface area contributed by atoms with Crippen molar-refractivity contribution in [1.29, 1.82) is 0 Å². The predicted molar refractivity (Wildman–Crippen MR) is 71.3 cm³/mol. The number of rotatable bonds is 6. The molecule has 0 aliphatic heterocycles. The lowest BCUT2D eigenvalue weighted by molar-refractivity contribution is -0.131. The van der Waals surface area contributed by atoms with Crippen LogP contribution in [-0.2, 0) is 11.2 Å². The molecule has 2 N–H and O–H groups in total. The third-order valence-electron chi connectivity index (χ3n) is 2.20. The topological polar surface area (TPSA) is 61.6 Å². The number of benzene rings is 1. The van der Waals surface area contributed by atoms with Gasteiger partial charge in [-0.25, -0.2) is 0 Å². The van der Waals surface area contributed by atoms with Crippen LogP contribution in [0.25, 0.3) is 0 Å². The summed E-state index contributed by atoms with van der Waals surface area (Å²) in [6, 6.07) is 5.47. The normalized spacial score (nSPS) is 12.0. The number of esters is 1. The summed E-state index contributed by atoms with van der Waals surface area (Å²) >= 11 is 5.40. The molecule has 1 rings (SSSR count). The van der Waals surface area contributed by atoms with E-state index in [0.29, 0.717) is 18.1 Å². The molecule has 100 valence electrons. The standard InChI is InChI=1S/C13H18ClNO3/c1-3-17-12-7-10(6-9(2)15)4-5-11(12)18-13(16)8-14/h4-5,7,9H,3,6,8,15H2,1-2H3. The van der Waals surface area contributed by atoms with Crippen LogP contribution in [0.2, 0.25) is 0 Å². The fraction of sp³-hybridized carbons (Fsp3) is 0.462. The minimum atomic E-state index is -0.502. The molecule has 0 spiro atoms. The van der Waals surface area contributed by atoms with Crippen LogP contribution in [0, 0.1) is 0 Å². The number of carbonyl (C=O) groups excluding carboxylic acids is 1. The molecule has 1 aromatic rings. The van der Waals surface area contributed by atoms with Crippen molar-refractivity contribution in [3.8, 4) is 11.5 Å². The Kier molecular flexibility index (Phi) is 5.95. The summed E-state index contributed by atoms with van der Waals surface area (Å²) in [6.07, 6.45) is 0.740. The number of halogens is 1. The van der Waals surface area contributed by atoms with E-state index < -0.39 is 5.97 Å². The Bertz CT molecular complexity index is 407. The first-order valence-corrected chi connectivity index (χ1v) is 6.38. The molecule has 0 aromatic heterocycles. The summed E-state index contributed by atoms with van der Waals surface area (Å²) in [5, 5.41) is 0. The molecule has 0 amide bonds. The summed E-state index contributed by atoms with van der Waals surface area (Å²) in [7, 11) is 0. The Balaban J connectivity index is 2.92. The maximum absolute atomic E-state index is 11.2. The summed E-state index contributed by atoms with van der Waals surface area (Å²) in [4.78, 5) is 11.2. The molecule has 1 unspecified atom stereocenters. The van der Waals surface area contributed by atoms with E-state index in [2.05, 4.69) is 0 Å². The van der Waals surface area contributed by atoms with Crippen molar-refractivity contribution in [2.45, 2.75) is 26.3 Å². The smallest absolute Gasteiger partial charge is 0.326 e. The van der Waals surface area contributed by atoms with E-state index in [9.17, 15) is 4.79 Å². The second-order valence-electron chi connectivity index (χ2n) is 4.00. The third-order valence-corrected chi connectivity index (χ3v) is 2.42. The molecule has 5 heteroatoms. The van der Waals surface area contributed by atoms with Crippen LogP contribution in [0.4, 0.5) is 0 Å². The van der Waals surface area contributed by atoms with E-state index in [-0.39, 0.29) is 11.9 Å². The minimum Gasteiger partial charge on any atom is -0.490 e. The van der Waals surface area contributed by atoms with Crippen molar-refractivity contribution < 1.29 is 14.3 Å². The molecule has 0 radical (unpaired) electrons. The van der Waals surface area contributed by atoms with Gasteiger partial charge in [0.1, 0.15) is 5.88 Å². The van der Waals surface area contributed by atoms with Gasteiger partial charge in [0.15, 0.2) is 11.5 Å². The van der Waals surface area contributed by atoms with Gasteiger partial charge in [0.05, 0.1) is 6.61 Å². The van der Waals surface area contributed by atoms with Gasteiger partial charge in [-0.3, -0.25) is 4.79 Å². The molecule has 0 aliphatic carbocycles. The third kappa shape index (κ3) is 4.55. The maximum atomic E-state index is 11.2. The zero-order chi connectivity index (χ0) is 13.5. The van der Waals surface area contributed by atoms with Crippen LogP contribution in [-0.4, -0.2) is 24.5 Å². The molecule has 1 aromatic carbocycles. The predicted octanol–water partition coefficient (Wildman–Crippen LogP) is 2.12. The highest BCUT2D eigenvalue weighted by molar-refractivity contribution is 6.26. The Hall–Kier alpha value is -1.26. The Morgan fingerprint density at radius 3 is 2.72 bits per heavy atom. The van der Waals surface area contributed by atoms with Gasteiger partial charge in [0.2, 0.25) is 0 Å². The molecule has 18 heavy (non-hydrogen) atoms. The number of alkyl halides is 1. The Morgan fingerprint density at radius 1 is 1.44 bits per heavy atom. The van der Waals surface area contributed by atoms with Crippen LogP contribution < -0.4 is 15.2 Å².